The molecule has 1 aliphatic carbocycles. The maximum atomic E-state index is 13.6. The number of thiophene rings is 1. The van der Waals surface area contributed by atoms with Crippen molar-refractivity contribution in [2.45, 2.75) is 52.5 Å². The van der Waals surface area contributed by atoms with E-state index in [0.29, 0.717) is 27.7 Å². The Labute approximate surface area is 230 Å². The zero-order valence-electron chi connectivity index (χ0n) is 21.5. The number of aromatic carboxylic acids is 1. The molecule has 4 rings (SSSR count). The third-order valence-corrected chi connectivity index (χ3v) is 8.37. The normalized spacial score (nSPS) is 17.3. The van der Waals surface area contributed by atoms with E-state index in [1.54, 1.807) is 29.2 Å². The molecular weight excluding hydrogens is 527 g/mol. The van der Waals surface area contributed by atoms with Gasteiger partial charge in [0, 0.05) is 22.4 Å². The van der Waals surface area contributed by atoms with E-state index < -0.39 is 17.7 Å². The quantitative estimate of drug-likeness (QED) is 0.312. The first-order chi connectivity index (χ1) is 18.0. The van der Waals surface area contributed by atoms with Crippen LogP contribution < -0.4 is 10.2 Å². The van der Waals surface area contributed by atoms with Crippen molar-refractivity contribution >= 4 is 52.1 Å². The number of benzene rings is 2. The van der Waals surface area contributed by atoms with Crippen molar-refractivity contribution in [3.63, 3.8) is 0 Å². The largest absolute Gasteiger partial charge is 0.477 e. The maximum absolute atomic E-state index is 13.6. The summed E-state index contributed by atoms with van der Waals surface area (Å²) in [5.41, 5.74) is 1.70. The molecule has 0 atom stereocenters. The number of carboxylic acid groups (broad SMARTS) is 1. The van der Waals surface area contributed by atoms with E-state index in [-0.39, 0.29) is 33.3 Å². The van der Waals surface area contributed by atoms with Crippen LogP contribution in [0.4, 0.5) is 15.8 Å². The van der Waals surface area contributed by atoms with Crippen molar-refractivity contribution in [2.24, 2.45) is 11.8 Å². The molecule has 0 bridgehead atoms. The summed E-state index contributed by atoms with van der Waals surface area (Å²) in [6.07, 6.45) is 3.60. The molecule has 200 valence electrons. The number of nitrogens with zero attached hydrogens (tertiary/aromatic N) is 1. The topological polar surface area (TPSA) is 86.7 Å². The van der Waals surface area contributed by atoms with Gasteiger partial charge in [-0.05, 0) is 93.5 Å². The lowest BCUT2D eigenvalue weighted by Gasteiger charge is -2.33. The molecule has 1 aromatic heterocycles. The average molecular weight is 557 g/mol. The van der Waals surface area contributed by atoms with E-state index in [1.807, 2.05) is 13.8 Å². The average Bonchev–Trinajstić information content (AvgIpc) is 3.31. The van der Waals surface area contributed by atoms with Crippen LogP contribution in [0.5, 0.6) is 0 Å². The molecule has 1 heterocycles. The zero-order chi connectivity index (χ0) is 27.6. The molecule has 0 saturated heterocycles. The van der Waals surface area contributed by atoms with Crippen molar-refractivity contribution in [2.75, 3.05) is 10.2 Å². The highest BCUT2D eigenvalue weighted by molar-refractivity contribution is 7.18. The summed E-state index contributed by atoms with van der Waals surface area (Å²) in [5, 5.41) is 13.0. The number of carbonyl (C=O) groups is 3. The third kappa shape index (κ3) is 6.08. The van der Waals surface area contributed by atoms with Crippen LogP contribution >= 0.6 is 22.9 Å². The van der Waals surface area contributed by atoms with Gasteiger partial charge in [-0.15, -0.1) is 11.3 Å². The summed E-state index contributed by atoms with van der Waals surface area (Å²) in [6.45, 7) is 5.97. The highest BCUT2D eigenvalue weighted by atomic mass is 35.5. The summed E-state index contributed by atoms with van der Waals surface area (Å²) in [4.78, 5) is 40.6. The number of rotatable bonds is 7. The molecule has 2 aromatic carbocycles. The number of hydrogen-bond donors (Lipinski definition) is 2. The van der Waals surface area contributed by atoms with Crippen LogP contribution in [-0.2, 0) is 4.79 Å². The van der Waals surface area contributed by atoms with E-state index in [0.717, 1.165) is 37.0 Å². The van der Waals surface area contributed by atoms with Crippen molar-refractivity contribution in [1.82, 2.24) is 0 Å². The Bertz CT molecular complexity index is 1350. The second-order valence-electron chi connectivity index (χ2n) is 10.0. The van der Waals surface area contributed by atoms with Gasteiger partial charge in [-0.25, -0.2) is 9.18 Å². The van der Waals surface area contributed by atoms with Gasteiger partial charge in [0.1, 0.15) is 10.7 Å². The van der Waals surface area contributed by atoms with Gasteiger partial charge in [0.15, 0.2) is 0 Å². The SMILES string of the molecule is CC(C)N(c1cc(-c2ccc(NC(=O)c3ccc(F)cc3)c(Cl)c2)sc1C(=O)O)C(=O)[C@H]1CC[C@H](C)CC1. The van der Waals surface area contributed by atoms with Crippen LogP contribution in [0.3, 0.4) is 0 Å². The minimum Gasteiger partial charge on any atom is -0.477 e. The fourth-order valence-corrected chi connectivity index (χ4v) is 5.99. The molecular formula is C29H30ClFN2O4S. The molecule has 2 N–H and O–H groups in total. The molecule has 2 amide bonds. The molecule has 9 heteroatoms. The van der Waals surface area contributed by atoms with Gasteiger partial charge >= 0.3 is 5.97 Å². The van der Waals surface area contributed by atoms with Crippen LogP contribution in [0.1, 0.15) is 66.5 Å². The van der Waals surface area contributed by atoms with Crippen LogP contribution in [0.15, 0.2) is 48.5 Å². The lowest BCUT2D eigenvalue weighted by atomic mass is 9.82. The number of amides is 2. The predicted octanol–water partition coefficient (Wildman–Crippen LogP) is 7.73. The first-order valence-electron chi connectivity index (χ1n) is 12.6. The maximum Gasteiger partial charge on any atom is 0.348 e. The van der Waals surface area contributed by atoms with Crippen LogP contribution in [0.2, 0.25) is 5.02 Å². The third-order valence-electron chi connectivity index (χ3n) is 6.89. The Morgan fingerprint density at radius 1 is 1.05 bits per heavy atom. The Kier molecular flexibility index (Phi) is 8.53. The molecule has 6 nitrogen and oxygen atoms in total. The minimum atomic E-state index is -1.10. The molecule has 38 heavy (non-hydrogen) atoms. The molecule has 1 fully saturated rings. The van der Waals surface area contributed by atoms with Gasteiger partial charge < -0.3 is 15.3 Å². The van der Waals surface area contributed by atoms with Crippen molar-refractivity contribution in [1.29, 1.82) is 0 Å². The van der Waals surface area contributed by atoms with E-state index in [1.165, 1.54) is 24.3 Å². The Morgan fingerprint density at radius 2 is 1.71 bits per heavy atom. The molecule has 1 aliphatic rings. The summed E-state index contributed by atoms with van der Waals surface area (Å²) in [5.74, 6) is -1.52. The number of hydrogen-bond acceptors (Lipinski definition) is 4. The summed E-state index contributed by atoms with van der Waals surface area (Å²) in [6, 6.07) is 11.7. The summed E-state index contributed by atoms with van der Waals surface area (Å²) < 4.78 is 13.2. The smallest absolute Gasteiger partial charge is 0.348 e. The van der Waals surface area contributed by atoms with Crippen molar-refractivity contribution in [3.8, 4) is 10.4 Å². The number of carboxylic acids is 1. The van der Waals surface area contributed by atoms with Gasteiger partial charge in [-0.2, -0.15) is 0 Å². The van der Waals surface area contributed by atoms with E-state index >= 15 is 0 Å². The predicted molar refractivity (Wildman–Crippen MR) is 150 cm³/mol. The molecule has 0 unspecified atom stereocenters. The van der Waals surface area contributed by atoms with Crippen LogP contribution in [-0.4, -0.2) is 28.9 Å². The second-order valence-corrected chi connectivity index (χ2v) is 11.5. The lowest BCUT2D eigenvalue weighted by molar-refractivity contribution is -0.123. The van der Waals surface area contributed by atoms with Crippen molar-refractivity contribution < 1.29 is 23.9 Å². The van der Waals surface area contributed by atoms with Crippen LogP contribution in [0, 0.1) is 17.7 Å². The van der Waals surface area contributed by atoms with Gasteiger partial charge in [0.2, 0.25) is 5.91 Å². The standard InChI is InChI=1S/C29H30ClFN2O4S/c1-16(2)33(28(35)19-6-4-17(3)5-7-19)24-15-25(38-26(24)29(36)37)20-10-13-23(22(30)14-20)32-27(34)18-8-11-21(31)12-9-18/h8-17,19H,4-7H2,1-3H3,(H,32,34)(H,36,37)/t17-,19-. The first-order valence-corrected chi connectivity index (χ1v) is 13.8. The number of carbonyl (C=O) groups excluding carboxylic acids is 2. The van der Waals surface area contributed by atoms with Gasteiger partial charge in [0.05, 0.1) is 16.4 Å². The fraction of sp³-hybridized carbons (Fsp3) is 0.345. The van der Waals surface area contributed by atoms with Gasteiger partial charge in [-0.3, -0.25) is 9.59 Å². The van der Waals surface area contributed by atoms with E-state index in [4.69, 9.17) is 11.6 Å². The van der Waals surface area contributed by atoms with Crippen molar-refractivity contribution in [3.05, 3.63) is 69.8 Å². The van der Waals surface area contributed by atoms with E-state index in [2.05, 4.69) is 12.2 Å². The minimum absolute atomic E-state index is 0.0318. The highest BCUT2D eigenvalue weighted by Crippen LogP contribution is 2.41. The summed E-state index contributed by atoms with van der Waals surface area (Å²) in [7, 11) is 0. The van der Waals surface area contributed by atoms with Crippen LogP contribution in [0.25, 0.3) is 10.4 Å². The Morgan fingerprint density at radius 3 is 2.29 bits per heavy atom. The number of anilines is 2. The van der Waals surface area contributed by atoms with Gasteiger partial charge in [-0.1, -0.05) is 24.6 Å². The lowest BCUT2D eigenvalue weighted by Crippen LogP contribution is -2.42. The fourth-order valence-electron chi connectivity index (χ4n) is 4.78. The first kappa shape index (κ1) is 27.8. The van der Waals surface area contributed by atoms with Gasteiger partial charge in [0.25, 0.3) is 5.91 Å². The highest BCUT2D eigenvalue weighted by Gasteiger charge is 2.33. The monoisotopic (exact) mass is 556 g/mol. The summed E-state index contributed by atoms with van der Waals surface area (Å²) >= 11 is 7.55. The molecule has 0 radical (unpaired) electrons. The second kappa shape index (κ2) is 11.7. The molecule has 3 aromatic rings. The Balaban J connectivity index is 1.61. The number of halogens is 2. The molecule has 1 saturated carbocycles. The molecule has 0 aliphatic heterocycles. The van der Waals surface area contributed by atoms with E-state index in [9.17, 15) is 23.9 Å². The number of nitrogens with one attached hydrogen (secondary N) is 1. The molecule has 0 spiro atoms. The zero-order valence-corrected chi connectivity index (χ0v) is 23.0. The Hall–Kier alpha value is -3.23.